The first-order chi connectivity index (χ1) is 21.6. The van der Waals surface area contributed by atoms with Gasteiger partial charge in [-0.25, -0.2) is 0 Å². The van der Waals surface area contributed by atoms with Gasteiger partial charge in [-0.3, -0.25) is 14.4 Å². The average Bonchev–Trinajstić information content (AvgIpc) is 3.56. The third kappa shape index (κ3) is 4.82. The van der Waals surface area contributed by atoms with E-state index in [1.165, 1.54) is 20.3 Å². The number of hydrogen-bond acceptors (Lipinski definition) is 8. The molecule has 0 unspecified atom stereocenters. The second kappa shape index (κ2) is 11.6. The third-order valence-corrected chi connectivity index (χ3v) is 8.97. The lowest BCUT2D eigenvalue weighted by Gasteiger charge is -2.35. The van der Waals surface area contributed by atoms with Gasteiger partial charge in [-0.1, -0.05) is 48.9 Å². The second-order valence-electron chi connectivity index (χ2n) is 11.2. The molecule has 45 heavy (non-hydrogen) atoms. The van der Waals surface area contributed by atoms with E-state index in [0.29, 0.717) is 28.4 Å². The van der Waals surface area contributed by atoms with Crippen LogP contribution < -0.4 is 24.3 Å². The maximum Gasteiger partial charge on any atom is 0.237 e. The first-order valence-corrected chi connectivity index (χ1v) is 14.9. The highest BCUT2D eigenvalue weighted by Gasteiger charge is 2.63. The summed E-state index contributed by atoms with van der Waals surface area (Å²) in [5.41, 5.74) is 0.235. The average molecular weight is 630 g/mol. The van der Waals surface area contributed by atoms with Crippen LogP contribution in [-0.2, 0) is 17.6 Å². The van der Waals surface area contributed by atoms with E-state index < -0.39 is 23.1 Å². The van der Waals surface area contributed by atoms with Gasteiger partial charge in [-0.05, 0) is 36.8 Å². The van der Waals surface area contributed by atoms with Gasteiger partial charge in [0.2, 0.25) is 23.1 Å². The van der Waals surface area contributed by atoms with Gasteiger partial charge in [0.1, 0.15) is 39.4 Å². The van der Waals surface area contributed by atoms with Gasteiger partial charge in [0, 0.05) is 29.5 Å². The van der Waals surface area contributed by atoms with Crippen molar-refractivity contribution in [3.63, 3.8) is 0 Å². The summed E-state index contributed by atoms with van der Waals surface area (Å²) >= 11 is 6.60. The number of ether oxygens (including phenoxy) is 4. The molecule has 0 bridgehead atoms. The highest BCUT2D eigenvalue weighted by molar-refractivity contribution is 6.36. The van der Waals surface area contributed by atoms with E-state index in [1.54, 1.807) is 38.3 Å². The molecule has 1 spiro atoms. The quantitative estimate of drug-likeness (QED) is 0.222. The van der Waals surface area contributed by atoms with E-state index in [-0.39, 0.29) is 58.2 Å². The molecule has 3 aromatic carbocycles. The highest BCUT2D eigenvalue weighted by Crippen LogP contribution is 2.54. The van der Waals surface area contributed by atoms with Crippen LogP contribution in [0.25, 0.3) is 11.3 Å². The molecule has 0 saturated carbocycles. The summed E-state index contributed by atoms with van der Waals surface area (Å²) in [6.07, 6.45) is 0.0235. The van der Waals surface area contributed by atoms with Gasteiger partial charge >= 0.3 is 0 Å². The number of ketones is 2. The Kier molecular flexibility index (Phi) is 7.82. The zero-order valence-corrected chi connectivity index (χ0v) is 26.2. The number of amides is 1. The molecule has 9 nitrogen and oxygen atoms in total. The second-order valence-corrected chi connectivity index (χ2v) is 11.6. The topological polar surface area (TPSA) is 113 Å². The van der Waals surface area contributed by atoms with E-state index in [1.807, 2.05) is 37.3 Å². The fourth-order valence-electron chi connectivity index (χ4n) is 6.25. The predicted octanol–water partition coefficient (Wildman–Crippen LogP) is 6.43. The number of hydrogen-bond donors (Lipinski definition) is 1. The molecular formula is C35H32ClNO8. The van der Waals surface area contributed by atoms with E-state index in [0.717, 1.165) is 5.56 Å². The first kappa shape index (κ1) is 30.3. The van der Waals surface area contributed by atoms with Crippen molar-refractivity contribution in [2.24, 2.45) is 5.92 Å². The summed E-state index contributed by atoms with van der Waals surface area (Å²) in [4.78, 5) is 42.5. The minimum atomic E-state index is -1.94. The smallest absolute Gasteiger partial charge is 0.237 e. The van der Waals surface area contributed by atoms with Gasteiger partial charge in [-0.2, -0.15) is 0 Å². The Morgan fingerprint density at radius 3 is 2.29 bits per heavy atom. The fourth-order valence-corrected chi connectivity index (χ4v) is 6.52. The molecule has 3 atom stereocenters. The number of benzene rings is 3. The summed E-state index contributed by atoms with van der Waals surface area (Å²) in [6.45, 7) is 3.64. The maximum absolute atomic E-state index is 14.7. The lowest BCUT2D eigenvalue weighted by Crippen LogP contribution is -2.56. The number of nitrogens with one attached hydrogen (secondary N) is 1. The summed E-state index contributed by atoms with van der Waals surface area (Å²) in [7, 11) is 4.41. The molecular weight excluding hydrogens is 598 g/mol. The minimum Gasteiger partial charge on any atom is -0.497 e. The van der Waals surface area contributed by atoms with E-state index in [2.05, 4.69) is 5.32 Å². The Balaban J connectivity index is 1.45. The number of carbonyl (C=O) groups excluding carboxylic acids is 3. The van der Waals surface area contributed by atoms with Gasteiger partial charge < -0.3 is 28.7 Å². The van der Waals surface area contributed by atoms with Crippen LogP contribution in [0.15, 0.2) is 65.1 Å². The molecule has 2 heterocycles. The summed E-state index contributed by atoms with van der Waals surface area (Å²) in [5, 5.41) is 3.08. The van der Waals surface area contributed by atoms with Crippen molar-refractivity contribution in [1.29, 1.82) is 0 Å². The standard InChI is InChI=1S/C35H32ClNO8/c1-18-15-25-28(33(39)35(18)34(40)29-24(42-4)17-26(43-5)30(36)32(29)45-35)23(31(44-25)21-11-13-22(41-3)14-12-21)16-27(38)37-19(2)20-9-7-6-8-10-20/h6-14,17-19H,15-16H2,1-5H3,(H,37,38)/t18-,19+,35+/m1/s1. The Morgan fingerprint density at radius 2 is 1.64 bits per heavy atom. The lowest BCUT2D eigenvalue weighted by atomic mass is 9.70. The normalized spacial score (nSPS) is 19.0. The summed E-state index contributed by atoms with van der Waals surface area (Å²) in [6, 6.07) is 17.9. The van der Waals surface area contributed by atoms with Crippen molar-refractivity contribution >= 4 is 29.1 Å². The minimum absolute atomic E-state index is 0.0244. The Hall–Kier alpha value is -4.76. The molecule has 6 rings (SSSR count). The highest BCUT2D eigenvalue weighted by atomic mass is 35.5. The zero-order valence-electron chi connectivity index (χ0n) is 25.5. The molecule has 1 aliphatic heterocycles. The SMILES string of the molecule is COc1ccc(-c2oc3c(c2CC(=O)N[C@@H](C)c2ccccc2)C(=O)[C@@]2(Oc4c(Cl)c(OC)cc(OC)c4C2=O)[C@H](C)C3)cc1. The number of carbonyl (C=O) groups is 3. The zero-order chi connectivity index (χ0) is 32.0. The number of methoxy groups -OCH3 is 3. The van der Waals surface area contributed by atoms with Crippen molar-refractivity contribution in [3.05, 3.63) is 93.7 Å². The van der Waals surface area contributed by atoms with Crippen LogP contribution in [0.2, 0.25) is 5.02 Å². The largest absolute Gasteiger partial charge is 0.497 e. The van der Waals surface area contributed by atoms with Crippen LogP contribution in [0, 0.1) is 5.92 Å². The van der Waals surface area contributed by atoms with E-state index in [9.17, 15) is 14.4 Å². The molecule has 232 valence electrons. The van der Waals surface area contributed by atoms with Gasteiger partial charge in [0.15, 0.2) is 5.75 Å². The van der Waals surface area contributed by atoms with Gasteiger partial charge in [-0.15, -0.1) is 0 Å². The lowest BCUT2D eigenvalue weighted by molar-refractivity contribution is -0.121. The summed E-state index contributed by atoms with van der Waals surface area (Å²) < 4.78 is 28.9. The third-order valence-electron chi connectivity index (χ3n) is 8.62. The molecule has 0 radical (unpaired) electrons. The molecule has 1 amide bonds. The number of Topliss-reactive ketones (excluding diaryl/α,β-unsaturated/α-hetero) is 2. The molecule has 10 heteroatoms. The van der Waals surface area contributed by atoms with Crippen molar-refractivity contribution in [2.75, 3.05) is 21.3 Å². The molecule has 1 N–H and O–H groups in total. The van der Waals surface area contributed by atoms with Crippen LogP contribution in [0.1, 0.15) is 57.5 Å². The molecule has 2 aliphatic rings. The molecule has 4 aromatic rings. The van der Waals surface area contributed by atoms with Gasteiger partial charge in [0.25, 0.3) is 0 Å². The van der Waals surface area contributed by atoms with Crippen LogP contribution in [0.4, 0.5) is 0 Å². The van der Waals surface area contributed by atoms with Gasteiger partial charge in [0.05, 0.1) is 39.4 Å². The Labute approximate surface area is 265 Å². The van der Waals surface area contributed by atoms with Crippen LogP contribution in [-0.4, -0.2) is 44.4 Å². The van der Waals surface area contributed by atoms with Crippen molar-refractivity contribution < 1.29 is 37.7 Å². The number of furan rings is 1. The van der Waals surface area contributed by atoms with Crippen molar-refractivity contribution in [3.8, 4) is 34.3 Å². The van der Waals surface area contributed by atoms with Crippen LogP contribution in [0.5, 0.6) is 23.0 Å². The monoisotopic (exact) mass is 629 g/mol. The van der Waals surface area contributed by atoms with Crippen LogP contribution >= 0.6 is 11.6 Å². The molecule has 1 aromatic heterocycles. The Bertz CT molecular complexity index is 1810. The molecule has 0 fully saturated rings. The summed E-state index contributed by atoms with van der Waals surface area (Å²) in [5.74, 6) is -0.299. The maximum atomic E-state index is 14.7. The Morgan fingerprint density at radius 1 is 0.978 bits per heavy atom. The van der Waals surface area contributed by atoms with Crippen molar-refractivity contribution in [2.45, 2.75) is 38.3 Å². The number of rotatable bonds is 8. The molecule has 1 aliphatic carbocycles. The fraction of sp³-hybridized carbons (Fsp3) is 0.286. The predicted molar refractivity (Wildman–Crippen MR) is 167 cm³/mol. The first-order valence-electron chi connectivity index (χ1n) is 14.5. The number of fused-ring (bicyclic) bond motifs is 2. The van der Waals surface area contributed by atoms with E-state index in [4.69, 9.17) is 35.0 Å². The number of halogens is 1. The van der Waals surface area contributed by atoms with Crippen LogP contribution in [0.3, 0.4) is 0 Å². The van der Waals surface area contributed by atoms with E-state index >= 15 is 0 Å². The van der Waals surface area contributed by atoms with Crippen molar-refractivity contribution in [1.82, 2.24) is 5.32 Å². The molecule has 0 saturated heterocycles.